The van der Waals surface area contributed by atoms with Gasteiger partial charge < -0.3 is 16.4 Å². The van der Waals surface area contributed by atoms with E-state index in [1.54, 1.807) is 6.20 Å². The minimum absolute atomic E-state index is 0.230. The molecule has 0 aliphatic heterocycles. The van der Waals surface area contributed by atoms with Crippen LogP contribution in [0.3, 0.4) is 0 Å². The molecule has 0 saturated carbocycles. The van der Waals surface area contributed by atoms with Crippen molar-refractivity contribution in [2.45, 2.75) is 33.4 Å². The Kier molecular flexibility index (Phi) is 4.74. The zero-order valence-electron chi connectivity index (χ0n) is 12.3. The first-order valence-electron chi connectivity index (χ1n) is 6.69. The second kappa shape index (κ2) is 6.53. The first kappa shape index (κ1) is 15.2. The van der Waals surface area contributed by atoms with E-state index < -0.39 is 0 Å². The highest BCUT2D eigenvalue weighted by Gasteiger charge is 2.16. The molecule has 6 nitrogen and oxygen atoms in total. The molecule has 0 spiro atoms. The van der Waals surface area contributed by atoms with Crippen LogP contribution < -0.4 is 16.4 Å². The van der Waals surface area contributed by atoms with Gasteiger partial charge in [-0.2, -0.15) is 0 Å². The van der Waals surface area contributed by atoms with Gasteiger partial charge in [0.1, 0.15) is 10.7 Å². The number of rotatable bonds is 5. The number of pyridine rings is 1. The molecule has 21 heavy (non-hydrogen) atoms. The molecule has 0 bridgehead atoms. The number of hydrogen-bond acceptors (Lipinski definition) is 6. The number of hydrogen-bond donors (Lipinski definition) is 3. The van der Waals surface area contributed by atoms with E-state index in [1.807, 2.05) is 32.9 Å². The standard InChI is InChI=1S/C14H19N5OS/c1-8(2)18-14-19-12(15)11(21-14)13(20)17-7-10-9(3)5-4-6-16-10/h4-6,8H,7,15H2,1-3H3,(H,17,20)(H,18,19). The number of nitrogens with one attached hydrogen (secondary N) is 2. The first-order chi connectivity index (χ1) is 9.97. The molecule has 0 atom stereocenters. The van der Waals surface area contributed by atoms with Crippen LogP contribution in [-0.4, -0.2) is 21.9 Å². The fourth-order valence-corrected chi connectivity index (χ4v) is 2.70. The second-order valence-electron chi connectivity index (χ2n) is 4.98. The van der Waals surface area contributed by atoms with Crippen LogP contribution in [0.4, 0.5) is 10.9 Å². The third-order valence-corrected chi connectivity index (χ3v) is 3.81. The number of aryl methyl sites for hydroxylation is 1. The number of carbonyl (C=O) groups excluding carboxylic acids is 1. The molecule has 1 amide bonds. The summed E-state index contributed by atoms with van der Waals surface area (Å²) < 4.78 is 0. The Hall–Kier alpha value is -2.15. The Morgan fingerprint density at radius 2 is 2.24 bits per heavy atom. The van der Waals surface area contributed by atoms with Crippen LogP contribution >= 0.6 is 11.3 Å². The van der Waals surface area contributed by atoms with Crippen molar-refractivity contribution in [1.82, 2.24) is 15.3 Å². The lowest BCUT2D eigenvalue weighted by atomic mass is 10.2. The summed E-state index contributed by atoms with van der Waals surface area (Å²) in [5.41, 5.74) is 7.68. The lowest BCUT2D eigenvalue weighted by Gasteiger charge is -2.06. The van der Waals surface area contributed by atoms with Crippen molar-refractivity contribution in [2.75, 3.05) is 11.1 Å². The van der Waals surface area contributed by atoms with Crippen molar-refractivity contribution >= 4 is 28.2 Å². The third-order valence-electron chi connectivity index (χ3n) is 2.81. The maximum Gasteiger partial charge on any atom is 0.265 e. The number of nitrogen functional groups attached to an aromatic ring is 1. The van der Waals surface area contributed by atoms with E-state index in [0.29, 0.717) is 16.6 Å². The smallest absolute Gasteiger partial charge is 0.265 e. The van der Waals surface area contributed by atoms with E-state index >= 15 is 0 Å². The van der Waals surface area contributed by atoms with Gasteiger partial charge in [-0.25, -0.2) is 4.98 Å². The highest BCUT2D eigenvalue weighted by Crippen LogP contribution is 2.25. The Bertz CT molecular complexity index is 638. The molecule has 2 aromatic rings. The molecule has 0 unspecified atom stereocenters. The van der Waals surface area contributed by atoms with Crippen molar-refractivity contribution in [2.24, 2.45) is 0 Å². The van der Waals surface area contributed by atoms with E-state index in [-0.39, 0.29) is 17.8 Å². The molecule has 2 aromatic heterocycles. The SMILES string of the molecule is Cc1cccnc1CNC(=O)c1sc(NC(C)C)nc1N. The summed E-state index contributed by atoms with van der Waals surface area (Å²) in [7, 11) is 0. The molecule has 7 heteroatoms. The number of carbonyl (C=O) groups is 1. The van der Waals surface area contributed by atoms with Crippen LogP contribution in [0.2, 0.25) is 0 Å². The van der Waals surface area contributed by atoms with Crippen LogP contribution in [-0.2, 0) is 6.54 Å². The number of nitrogens with zero attached hydrogens (tertiary/aromatic N) is 2. The zero-order valence-corrected chi connectivity index (χ0v) is 13.1. The van der Waals surface area contributed by atoms with Gasteiger partial charge in [-0.3, -0.25) is 9.78 Å². The van der Waals surface area contributed by atoms with Gasteiger partial charge in [0.15, 0.2) is 5.13 Å². The van der Waals surface area contributed by atoms with Crippen LogP contribution in [0.15, 0.2) is 18.3 Å². The van der Waals surface area contributed by atoms with E-state index in [9.17, 15) is 4.79 Å². The second-order valence-corrected chi connectivity index (χ2v) is 5.98. The van der Waals surface area contributed by atoms with Crippen LogP contribution in [0.5, 0.6) is 0 Å². The van der Waals surface area contributed by atoms with Gasteiger partial charge in [0.2, 0.25) is 0 Å². The summed E-state index contributed by atoms with van der Waals surface area (Å²) >= 11 is 1.26. The summed E-state index contributed by atoms with van der Waals surface area (Å²) in [6.45, 7) is 6.33. The Morgan fingerprint density at radius 3 is 2.90 bits per heavy atom. The van der Waals surface area contributed by atoms with E-state index in [2.05, 4.69) is 20.6 Å². The molecular formula is C14H19N5OS. The fourth-order valence-electron chi connectivity index (χ4n) is 1.75. The van der Waals surface area contributed by atoms with Crippen molar-refractivity contribution in [3.63, 3.8) is 0 Å². The molecule has 0 radical (unpaired) electrons. The molecule has 0 aliphatic carbocycles. The van der Waals surface area contributed by atoms with Gasteiger partial charge in [0.25, 0.3) is 5.91 Å². The Balaban J connectivity index is 2.04. The third kappa shape index (κ3) is 3.91. The topological polar surface area (TPSA) is 92.9 Å². The highest BCUT2D eigenvalue weighted by atomic mass is 32.1. The van der Waals surface area contributed by atoms with Gasteiger partial charge in [0.05, 0.1) is 12.2 Å². The molecule has 112 valence electrons. The number of thiazole rings is 1. The van der Waals surface area contributed by atoms with Crippen LogP contribution in [0, 0.1) is 6.92 Å². The minimum atomic E-state index is -0.230. The molecule has 2 heterocycles. The largest absolute Gasteiger partial charge is 0.382 e. The summed E-state index contributed by atoms with van der Waals surface area (Å²) in [6, 6.07) is 4.06. The monoisotopic (exact) mass is 305 g/mol. The van der Waals surface area contributed by atoms with Gasteiger partial charge in [0, 0.05) is 12.2 Å². The first-order valence-corrected chi connectivity index (χ1v) is 7.50. The Morgan fingerprint density at radius 1 is 1.48 bits per heavy atom. The fraction of sp³-hybridized carbons (Fsp3) is 0.357. The van der Waals surface area contributed by atoms with Gasteiger partial charge in [-0.05, 0) is 32.4 Å². The molecule has 2 rings (SSSR count). The van der Waals surface area contributed by atoms with E-state index in [4.69, 9.17) is 5.73 Å². The molecule has 0 aliphatic rings. The van der Waals surface area contributed by atoms with Crippen LogP contribution in [0.1, 0.15) is 34.8 Å². The maximum atomic E-state index is 12.2. The summed E-state index contributed by atoms with van der Waals surface area (Å²) in [5, 5.41) is 6.62. The predicted octanol–water partition coefficient (Wildman–Crippen LogP) is 2.18. The van der Waals surface area contributed by atoms with Crippen molar-refractivity contribution in [3.05, 3.63) is 34.5 Å². The van der Waals surface area contributed by atoms with E-state index in [0.717, 1.165) is 11.3 Å². The number of aromatic nitrogens is 2. The molecule has 0 aromatic carbocycles. The van der Waals surface area contributed by atoms with E-state index in [1.165, 1.54) is 11.3 Å². The zero-order chi connectivity index (χ0) is 15.4. The van der Waals surface area contributed by atoms with Crippen LogP contribution in [0.25, 0.3) is 0 Å². The number of nitrogens with two attached hydrogens (primary N) is 1. The normalized spacial score (nSPS) is 10.7. The Labute approximate surface area is 127 Å². The quantitative estimate of drug-likeness (QED) is 0.787. The molecule has 4 N–H and O–H groups in total. The van der Waals surface area contributed by atoms with Gasteiger partial charge >= 0.3 is 0 Å². The summed E-state index contributed by atoms with van der Waals surface area (Å²) in [4.78, 5) is 21.0. The summed E-state index contributed by atoms with van der Waals surface area (Å²) in [5.74, 6) is 0.0188. The molecule has 0 saturated heterocycles. The molecule has 0 fully saturated rings. The lowest BCUT2D eigenvalue weighted by Crippen LogP contribution is -2.23. The summed E-state index contributed by atoms with van der Waals surface area (Å²) in [6.07, 6.45) is 1.71. The minimum Gasteiger partial charge on any atom is -0.382 e. The van der Waals surface area contributed by atoms with Crippen molar-refractivity contribution < 1.29 is 4.79 Å². The average Bonchev–Trinajstić information content (AvgIpc) is 2.77. The average molecular weight is 305 g/mol. The molecular weight excluding hydrogens is 286 g/mol. The highest BCUT2D eigenvalue weighted by molar-refractivity contribution is 7.18. The number of anilines is 2. The number of amides is 1. The predicted molar refractivity (Wildman–Crippen MR) is 85.4 cm³/mol. The van der Waals surface area contributed by atoms with Crippen molar-refractivity contribution in [1.29, 1.82) is 0 Å². The van der Waals surface area contributed by atoms with Crippen molar-refractivity contribution in [3.8, 4) is 0 Å². The lowest BCUT2D eigenvalue weighted by molar-refractivity contribution is 0.0955. The maximum absolute atomic E-state index is 12.2. The van der Waals surface area contributed by atoms with Gasteiger partial charge in [-0.15, -0.1) is 0 Å². The van der Waals surface area contributed by atoms with Gasteiger partial charge in [-0.1, -0.05) is 17.4 Å².